The number of fused-ring (bicyclic) bond motifs is 6. The van der Waals surface area contributed by atoms with Gasteiger partial charge in [-0.05, 0) is 60.6 Å². The van der Waals surface area contributed by atoms with E-state index in [-0.39, 0.29) is 23.5 Å². The van der Waals surface area contributed by atoms with Gasteiger partial charge < -0.3 is 35.6 Å². The molecule has 1 aromatic carbocycles. The van der Waals surface area contributed by atoms with E-state index in [2.05, 4.69) is 36.1 Å². The number of carbonyl (C=O) groups is 4. The predicted molar refractivity (Wildman–Crippen MR) is 173 cm³/mol. The number of likely N-dealkylation sites (tertiary alicyclic amines) is 1. The number of carbonyl (C=O) groups excluding carboxylic acids is 2. The van der Waals surface area contributed by atoms with Gasteiger partial charge in [-0.3, -0.25) is 14.6 Å². The SMILES string of the molecule is O=C(C[C@H]1CCN(C(=O)c2ccno2)C1)Nc1ccc2cc1CCc1cncc(c1)Nc1ncc(Cl)c(n1)N2.O=C(O)C(F)(F)F.O=C(O)C(F)(F)F. The number of halogens is 7. The number of alkyl halides is 6. The molecule has 1 atom stereocenters. The van der Waals surface area contributed by atoms with Crippen LogP contribution in [0.1, 0.15) is 34.5 Å². The van der Waals surface area contributed by atoms with Crippen molar-refractivity contribution in [3.8, 4) is 0 Å². The number of rotatable bonds is 4. The molecule has 1 fully saturated rings. The van der Waals surface area contributed by atoms with Gasteiger partial charge in [-0.15, -0.1) is 0 Å². The molecule has 6 rings (SSSR count). The third-order valence-corrected chi connectivity index (χ3v) is 7.58. The molecule has 2 amide bonds. The lowest BCUT2D eigenvalue weighted by atomic mass is 10.0. The number of nitrogens with zero attached hydrogens (tertiary/aromatic N) is 5. The van der Waals surface area contributed by atoms with Crippen LogP contribution in [0.3, 0.4) is 0 Å². The average Bonchev–Trinajstić information content (AvgIpc) is 3.79. The molecule has 4 aromatic rings. The highest BCUT2D eigenvalue weighted by molar-refractivity contribution is 6.32. The van der Waals surface area contributed by atoms with Crippen LogP contribution in [-0.2, 0) is 27.2 Å². The molecule has 53 heavy (non-hydrogen) atoms. The Kier molecular flexibility index (Phi) is 12.8. The molecule has 0 unspecified atom stereocenters. The van der Waals surface area contributed by atoms with Crippen LogP contribution in [0.2, 0.25) is 5.02 Å². The summed E-state index contributed by atoms with van der Waals surface area (Å²) in [7, 11) is 0. The standard InChI is InChI=1S/C27H25ClN8O3.2C2HF3O2/c28-21-14-30-27-33-20-9-16(12-29-13-20)1-2-18-11-19(32-25(21)35-27)3-4-22(18)34-24(37)10-17-6-8-36(15-17)26(38)23-5-7-31-39-23;2*3-2(4,5)1(6)7/h3-5,7,9,11-14,17H,1-2,6,8,10,15H2,(H,34,37)(H2,30,32,33,35);2*(H,6,7)/t17-;;/m1../s1. The van der Waals surface area contributed by atoms with Crippen molar-refractivity contribution in [2.24, 2.45) is 5.92 Å². The second kappa shape index (κ2) is 17.0. The van der Waals surface area contributed by atoms with Crippen molar-refractivity contribution in [3.63, 3.8) is 0 Å². The van der Waals surface area contributed by atoms with Crippen molar-refractivity contribution in [2.45, 2.75) is 38.0 Å². The number of hydrogen-bond donors (Lipinski definition) is 5. The molecular weight excluding hydrogens is 746 g/mol. The summed E-state index contributed by atoms with van der Waals surface area (Å²) in [6.07, 6.45) is -1.18. The lowest BCUT2D eigenvalue weighted by Gasteiger charge is -2.16. The Bertz CT molecular complexity index is 1920. The number of aromatic nitrogens is 4. The van der Waals surface area contributed by atoms with E-state index in [1.807, 2.05) is 30.5 Å². The van der Waals surface area contributed by atoms with Crippen molar-refractivity contribution in [1.29, 1.82) is 0 Å². The van der Waals surface area contributed by atoms with Crippen LogP contribution in [0, 0.1) is 5.92 Å². The molecule has 6 bridgehead atoms. The highest BCUT2D eigenvalue weighted by atomic mass is 35.5. The van der Waals surface area contributed by atoms with Gasteiger partial charge in [0.05, 0.1) is 24.3 Å². The summed E-state index contributed by atoms with van der Waals surface area (Å²) >= 11 is 6.36. The maximum absolute atomic E-state index is 13.1. The Morgan fingerprint density at radius 2 is 1.64 bits per heavy atom. The molecule has 5 heterocycles. The zero-order chi connectivity index (χ0) is 38.9. The Morgan fingerprint density at radius 1 is 0.943 bits per heavy atom. The van der Waals surface area contributed by atoms with Crippen molar-refractivity contribution < 1.29 is 60.3 Å². The van der Waals surface area contributed by atoms with Crippen molar-refractivity contribution >= 4 is 64.2 Å². The van der Waals surface area contributed by atoms with Crippen molar-refractivity contribution in [3.05, 3.63) is 77.0 Å². The highest BCUT2D eigenvalue weighted by Gasteiger charge is 2.39. The lowest BCUT2D eigenvalue weighted by molar-refractivity contribution is -0.193. The maximum atomic E-state index is 13.1. The average molecular weight is 773 g/mol. The van der Waals surface area contributed by atoms with E-state index < -0.39 is 24.3 Å². The quantitative estimate of drug-likeness (QED) is 0.154. The van der Waals surface area contributed by atoms with Gasteiger partial charge in [-0.2, -0.15) is 31.3 Å². The molecule has 5 N–H and O–H groups in total. The number of anilines is 5. The molecule has 15 nitrogen and oxygen atoms in total. The van der Waals surface area contributed by atoms with Gasteiger partial charge in [0.1, 0.15) is 5.02 Å². The minimum atomic E-state index is -5.08. The molecular formula is C31H27ClF6N8O7. The topological polar surface area (TPSA) is 213 Å². The van der Waals surface area contributed by atoms with Crippen LogP contribution >= 0.6 is 11.6 Å². The molecule has 1 saturated heterocycles. The first-order chi connectivity index (χ1) is 24.9. The summed E-state index contributed by atoms with van der Waals surface area (Å²) in [5, 5.41) is 27.8. The van der Waals surface area contributed by atoms with E-state index in [9.17, 15) is 35.9 Å². The highest BCUT2D eigenvalue weighted by Crippen LogP contribution is 2.30. The minimum Gasteiger partial charge on any atom is -0.475 e. The number of hydrogen-bond acceptors (Lipinski definition) is 11. The van der Waals surface area contributed by atoms with Gasteiger partial charge in [0, 0.05) is 43.1 Å². The number of pyridine rings is 1. The van der Waals surface area contributed by atoms with Crippen LogP contribution < -0.4 is 16.0 Å². The van der Waals surface area contributed by atoms with Gasteiger partial charge in [-0.25, -0.2) is 14.6 Å². The van der Waals surface area contributed by atoms with Gasteiger partial charge in [0.2, 0.25) is 17.6 Å². The van der Waals surface area contributed by atoms with Gasteiger partial charge in [-0.1, -0.05) is 16.8 Å². The Labute approximate surface area is 299 Å². The monoisotopic (exact) mass is 772 g/mol. The van der Waals surface area contributed by atoms with Crippen LogP contribution in [0.5, 0.6) is 0 Å². The first-order valence-corrected chi connectivity index (χ1v) is 15.5. The number of amides is 2. The van der Waals surface area contributed by atoms with Crippen molar-refractivity contribution in [1.82, 2.24) is 25.0 Å². The number of benzene rings is 1. The largest absolute Gasteiger partial charge is 0.490 e. The summed E-state index contributed by atoms with van der Waals surface area (Å²) in [4.78, 5) is 58.2. The van der Waals surface area contributed by atoms with E-state index in [1.54, 1.807) is 17.2 Å². The van der Waals surface area contributed by atoms with E-state index in [0.29, 0.717) is 42.7 Å². The summed E-state index contributed by atoms with van der Waals surface area (Å²) < 4.78 is 68.5. The number of carboxylic acids is 2. The molecule has 2 aliphatic rings. The molecule has 0 aliphatic carbocycles. The zero-order valence-corrected chi connectivity index (χ0v) is 27.6. The van der Waals surface area contributed by atoms with Gasteiger partial charge in [0.25, 0.3) is 5.91 Å². The van der Waals surface area contributed by atoms with Gasteiger partial charge >= 0.3 is 24.3 Å². The second-order valence-electron chi connectivity index (χ2n) is 11.2. The lowest BCUT2D eigenvalue weighted by Crippen LogP contribution is -2.29. The summed E-state index contributed by atoms with van der Waals surface area (Å²) in [6, 6.07) is 9.30. The smallest absolute Gasteiger partial charge is 0.475 e. The molecule has 0 saturated carbocycles. The molecule has 0 radical (unpaired) electrons. The van der Waals surface area contributed by atoms with Gasteiger partial charge in [0.15, 0.2) is 5.82 Å². The number of aliphatic carboxylic acids is 2. The first kappa shape index (κ1) is 39.8. The first-order valence-electron chi connectivity index (χ1n) is 15.1. The number of nitrogens with one attached hydrogen (secondary N) is 3. The maximum Gasteiger partial charge on any atom is 0.490 e. The Morgan fingerprint density at radius 3 is 2.28 bits per heavy atom. The van der Waals surface area contributed by atoms with Crippen LogP contribution in [0.4, 0.5) is 55.2 Å². The van der Waals surface area contributed by atoms with E-state index in [1.165, 1.54) is 12.4 Å². The van der Waals surface area contributed by atoms with E-state index in [4.69, 9.17) is 35.9 Å². The molecule has 2 aliphatic heterocycles. The fraction of sp³-hybridized carbons (Fsp3) is 0.290. The molecule has 22 heteroatoms. The summed E-state index contributed by atoms with van der Waals surface area (Å²) in [5.41, 5.74) is 4.30. The third kappa shape index (κ3) is 11.8. The van der Waals surface area contributed by atoms with Crippen LogP contribution in [0.25, 0.3) is 0 Å². The molecule has 0 spiro atoms. The predicted octanol–water partition coefficient (Wildman–Crippen LogP) is 5.86. The third-order valence-electron chi connectivity index (χ3n) is 7.30. The number of carboxylic acid groups (broad SMARTS) is 2. The normalized spacial score (nSPS) is 14.9. The zero-order valence-electron chi connectivity index (χ0n) is 26.8. The summed E-state index contributed by atoms with van der Waals surface area (Å²) in [6.45, 7) is 1.08. The fourth-order valence-electron chi connectivity index (χ4n) is 4.88. The fourth-order valence-corrected chi connectivity index (χ4v) is 5.02. The minimum absolute atomic E-state index is 0.0679. The number of aryl methyl sites for hydroxylation is 2. The Balaban J connectivity index is 0.000000381. The molecule has 3 aromatic heterocycles. The van der Waals surface area contributed by atoms with Crippen LogP contribution in [0.15, 0.2) is 59.6 Å². The summed E-state index contributed by atoms with van der Waals surface area (Å²) in [5.74, 6) is -4.66. The Hall–Kier alpha value is -5.99. The van der Waals surface area contributed by atoms with E-state index >= 15 is 0 Å². The van der Waals surface area contributed by atoms with Crippen LogP contribution in [-0.4, -0.2) is 84.4 Å². The van der Waals surface area contributed by atoms with Crippen molar-refractivity contribution in [2.75, 3.05) is 29.0 Å². The molecule has 282 valence electrons. The second-order valence-corrected chi connectivity index (χ2v) is 11.6. The van der Waals surface area contributed by atoms with E-state index in [0.717, 1.165) is 41.0 Å².